The number of hydrogen-bond donors (Lipinski definition) is 3. The topological polar surface area (TPSA) is 107 Å². The Balaban J connectivity index is 1.62. The lowest BCUT2D eigenvalue weighted by Gasteiger charge is -2.28. The maximum Gasteiger partial charge on any atom is 0.254 e. The molecule has 2 heterocycles. The lowest BCUT2D eigenvalue weighted by Crippen LogP contribution is -2.31. The zero-order valence-corrected chi connectivity index (χ0v) is 23.8. The van der Waals surface area contributed by atoms with Gasteiger partial charge in [0.05, 0.1) is 40.2 Å². The van der Waals surface area contributed by atoms with Crippen molar-refractivity contribution in [3.63, 3.8) is 0 Å². The highest BCUT2D eigenvalue weighted by molar-refractivity contribution is 8.03. The Morgan fingerprint density at radius 1 is 0.949 bits per heavy atom. The predicted octanol–water partition coefficient (Wildman–Crippen LogP) is 6.53. The fourth-order valence-corrected chi connectivity index (χ4v) is 5.84. The third-order valence-electron chi connectivity index (χ3n) is 6.73. The maximum atomic E-state index is 13.7. The fraction of sp³-hybridized carbons (Fsp3) is 0.258. The Labute approximate surface area is 233 Å². The number of benzene rings is 2. The SMILES string of the molecule is CC1=C(C(=O)Nc2c(C)cc(C)cc2C)C(c2ccco2)C(C#N)=C(SCC(=O)Nc2c(C)cccc2C)N1. The first-order valence-corrected chi connectivity index (χ1v) is 13.6. The summed E-state index contributed by atoms with van der Waals surface area (Å²) in [5.74, 6) is -0.660. The summed E-state index contributed by atoms with van der Waals surface area (Å²) in [7, 11) is 0. The van der Waals surface area contributed by atoms with Crippen molar-refractivity contribution in [2.75, 3.05) is 16.4 Å². The first kappa shape index (κ1) is 27.8. The van der Waals surface area contributed by atoms with Gasteiger partial charge in [0.1, 0.15) is 5.76 Å². The molecular formula is C31H32N4O3S. The van der Waals surface area contributed by atoms with Gasteiger partial charge in [-0.2, -0.15) is 5.26 Å². The number of nitrogens with zero attached hydrogens (tertiary/aromatic N) is 1. The molecule has 2 amide bonds. The molecular weight excluding hydrogens is 508 g/mol. The van der Waals surface area contributed by atoms with Crippen molar-refractivity contribution in [3.8, 4) is 6.07 Å². The number of anilines is 2. The van der Waals surface area contributed by atoms with E-state index in [4.69, 9.17) is 4.42 Å². The van der Waals surface area contributed by atoms with E-state index in [2.05, 4.69) is 22.0 Å². The van der Waals surface area contributed by atoms with Crippen molar-refractivity contribution < 1.29 is 14.0 Å². The quantitative estimate of drug-likeness (QED) is 0.315. The summed E-state index contributed by atoms with van der Waals surface area (Å²) in [4.78, 5) is 26.6. The number of amides is 2. The second-order valence-electron chi connectivity index (χ2n) is 9.80. The van der Waals surface area contributed by atoms with Crippen LogP contribution in [0.2, 0.25) is 0 Å². The van der Waals surface area contributed by atoms with Crippen molar-refractivity contribution in [1.29, 1.82) is 5.26 Å². The van der Waals surface area contributed by atoms with Crippen LogP contribution in [-0.4, -0.2) is 17.6 Å². The molecule has 0 radical (unpaired) electrons. The second-order valence-corrected chi connectivity index (χ2v) is 10.8. The highest BCUT2D eigenvalue weighted by atomic mass is 32.2. The minimum absolute atomic E-state index is 0.0860. The van der Waals surface area contributed by atoms with Crippen molar-refractivity contribution >= 4 is 35.0 Å². The standard InChI is InChI=1S/C31H32N4O3S/c1-17-13-20(4)29(21(5)14-17)35-30(37)26-22(6)33-31(23(15-32)27(26)24-11-8-12-38-24)39-16-25(36)34-28-18(2)9-7-10-19(28)3/h7-14,27,33H,16H2,1-6H3,(H,34,36)(H,35,37). The molecule has 3 N–H and O–H groups in total. The number of nitrogens with one attached hydrogen (secondary N) is 3. The molecule has 1 atom stereocenters. The minimum atomic E-state index is -0.721. The molecule has 0 spiro atoms. The number of thioether (sulfide) groups is 1. The maximum absolute atomic E-state index is 13.7. The van der Waals surface area contributed by atoms with Gasteiger partial charge >= 0.3 is 0 Å². The van der Waals surface area contributed by atoms with E-state index in [1.165, 1.54) is 18.0 Å². The highest BCUT2D eigenvalue weighted by Crippen LogP contribution is 2.41. The summed E-state index contributed by atoms with van der Waals surface area (Å²) in [5, 5.41) is 20.0. The number of hydrogen-bond acceptors (Lipinski definition) is 6. The van der Waals surface area contributed by atoms with Crippen LogP contribution in [0.15, 0.2) is 75.0 Å². The zero-order valence-electron chi connectivity index (χ0n) is 23.0. The van der Waals surface area contributed by atoms with Gasteiger partial charge in [0.25, 0.3) is 5.91 Å². The lowest BCUT2D eigenvalue weighted by atomic mass is 9.85. The Morgan fingerprint density at radius 3 is 2.18 bits per heavy atom. The van der Waals surface area contributed by atoms with E-state index >= 15 is 0 Å². The fourth-order valence-electron chi connectivity index (χ4n) is 4.95. The van der Waals surface area contributed by atoms with Gasteiger partial charge in [-0.05, 0) is 75.9 Å². The molecule has 0 bridgehead atoms. The van der Waals surface area contributed by atoms with Crippen molar-refractivity contribution in [2.45, 2.75) is 47.5 Å². The molecule has 1 aromatic heterocycles. The molecule has 3 aromatic rings. The Morgan fingerprint density at radius 2 is 1.59 bits per heavy atom. The number of para-hydroxylation sites is 1. The molecule has 4 rings (SSSR count). The molecule has 7 nitrogen and oxygen atoms in total. The number of carbonyl (C=O) groups is 2. The molecule has 0 fully saturated rings. The number of aryl methyl sites for hydroxylation is 5. The first-order valence-electron chi connectivity index (χ1n) is 12.6. The van der Waals surface area contributed by atoms with Gasteiger partial charge in [0, 0.05) is 17.1 Å². The normalized spacial score (nSPS) is 15.1. The average molecular weight is 541 g/mol. The Kier molecular flexibility index (Phi) is 8.32. The van der Waals surface area contributed by atoms with Gasteiger partial charge in [-0.15, -0.1) is 0 Å². The minimum Gasteiger partial charge on any atom is -0.468 e. The molecule has 0 saturated carbocycles. The van der Waals surface area contributed by atoms with Crippen molar-refractivity contribution in [3.05, 3.63) is 104 Å². The first-order chi connectivity index (χ1) is 18.6. The van der Waals surface area contributed by atoms with Crippen LogP contribution < -0.4 is 16.0 Å². The Hall–Kier alpha value is -4.22. The van der Waals surface area contributed by atoms with Gasteiger partial charge in [-0.3, -0.25) is 9.59 Å². The third-order valence-corrected chi connectivity index (χ3v) is 7.75. The van der Waals surface area contributed by atoms with E-state index in [-0.39, 0.29) is 17.6 Å². The van der Waals surface area contributed by atoms with Gasteiger partial charge in [0.15, 0.2) is 0 Å². The molecule has 0 saturated heterocycles. The van der Waals surface area contributed by atoms with Crippen LogP contribution in [0.5, 0.6) is 0 Å². The molecule has 200 valence electrons. The highest BCUT2D eigenvalue weighted by Gasteiger charge is 2.36. The summed E-state index contributed by atoms with van der Waals surface area (Å²) in [6.07, 6.45) is 1.52. The zero-order chi connectivity index (χ0) is 28.3. The molecule has 1 aliphatic rings. The van der Waals surface area contributed by atoms with Gasteiger partial charge in [-0.25, -0.2) is 0 Å². The van der Waals surface area contributed by atoms with E-state index in [1.807, 2.05) is 65.0 Å². The number of nitriles is 1. The second kappa shape index (κ2) is 11.7. The van der Waals surface area contributed by atoms with E-state index in [0.717, 1.165) is 39.2 Å². The summed E-state index contributed by atoms with van der Waals surface area (Å²) in [5.41, 5.74) is 7.83. The van der Waals surface area contributed by atoms with Gasteiger partial charge in [0.2, 0.25) is 5.91 Å². The average Bonchev–Trinajstić information content (AvgIpc) is 3.41. The molecule has 0 aliphatic carbocycles. The number of rotatable bonds is 7. The predicted molar refractivity (Wildman–Crippen MR) is 156 cm³/mol. The van der Waals surface area contributed by atoms with Gasteiger partial charge in [-0.1, -0.05) is 47.7 Å². The molecule has 39 heavy (non-hydrogen) atoms. The van der Waals surface area contributed by atoms with Crippen LogP contribution in [0.3, 0.4) is 0 Å². The number of furan rings is 1. The molecule has 8 heteroatoms. The van der Waals surface area contributed by atoms with E-state index in [9.17, 15) is 14.9 Å². The van der Waals surface area contributed by atoms with Crippen LogP contribution in [-0.2, 0) is 9.59 Å². The summed E-state index contributed by atoms with van der Waals surface area (Å²) in [6, 6.07) is 15.6. The van der Waals surface area contributed by atoms with Crippen LogP contribution in [0.1, 0.15) is 46.4 Å². The smallest absolute Gasteiger partial charge is 0.254 e. The number of carbonyl (C=O) groups excluding carboxylic acids is 2. The number of allylic oxidation sites excluding steroid dienone is 2. The van der Waals surface area contributed by atoms with E-state index in [1.54, 1.807) is 19.1 Å². The summed E-state index contributed by atoms with van der Waals surface area (Å²) >= 11 is 1.22. The lowest BCUT2D eigenvalue weighted by molar-refractivity contribution is -0.114. The molecule has 1 unspecified atom stereocenters. The van der Waals surface area contributed by atoms with Crippen molar-refractivity contribution in [2.24, 2.45) is 0 Å². The van der Waals surface area contributed by atoms with Crippen LogP contribution in [0, 0.1) is 45.9 Å². The summed E-state index contributed by atoms with van der Waals surface area (Å²) < 4.78 is 5.71. The molecule has 2 aromatic carbocycles. The van der Waals surface area contributed by atoms with Crippen LogP contribution >= 0.6 is 11.8 Å². The third kappa shape index (κ3) is 5.94. The molecule has 1 aliphatic heterocycles. The van der Waals surface area contributed by atoms with E-state index in [0.29, 0.717) is 27.6 Å². The monoisotopic (exact) mass is 540 g/mol. The van der Waals surface area contributed by atoms with E-state index < -0.39 is 5.92 Å². The summed E-state index contributed by atoms with van der Waals surface area (Å²) in [6.45, 7) is 11.6. The van der Waals surface area contributed by atoms with Crippen LogP contribution in [0.4, 0.5) is 11.4 Å². The largest absolute Gasteiger partial charge is 0.468 e. The van der Waals surface area contributed by atoms with Crippen LogP contribution in [0.25, 0.3) is 0 Å². The van der Waals surface area contributed by atoms with Gasteiger partial charge < -0.3 is 20.4 Å². The Bertz CT molecular complexity index is 1500. The van der Waals surface area contributed by atoms with Crippen molar-refractivity contribution in [1.82, 2.24) is 5.32 Å². The number of dihydropyridines is 1.